The van der Waals surface area contributed by atoms with Crippen molar-refractivity contribution in [3.63, 3.8) is 0 Å². The normalized spacial score (nSPS) is 21.0. The second-order valence-corrected chi connectivity index (χ2v) is 6.58. The summed E-state index contributed by atoms with van der Waals surface area (Å²) in [6.07, 6.45) is 1.83. The molecule has 22 heavy (non-hydrogen) atoms. The third-order valence-corrected chi connectivity index (χ3v) is 4.59. The van der Waals surface area contributed by atoms with Crippen LogP contribution in [0.4, 0.5) is 0 Å². The van der Waals surface area contributed by atoms with Gasteiger partial charge in [0.2, 0.25) is 0 Å². The first-order valence-corrected chi connectivity index (χ1v) is 8.17. The molecule has 3 rings (SSSR count). The van der Waals surface area contributed by atoms with Crippen LogP contribution in [0.25, 0.3) is 0 Å². The van der Waals surface area contributed by atoms with Gasteiger partial charge in [-0.15, -0.1) is 0 Å². The number of aryl methyl sites for hydroxylation is 1. The van der Waals surface area contributed by atoms with Crippen LogP contribution in [0.15, 0.2) is 30.3 Å². The molecule has 1 saturated heterocycles. The van der Waals surface area contributed by atoms with Crippen LogP contribution in [0.3, 0.4) is 0 Å². The van der Waals surface area contributed by atoms with E-state index in [0.29, 0.717) is 17.5 Å². The molecule has 0 spiro atoms. The van der Waals surface area contributed by atoms with E-state index < -0.39 is 6.10 Å². The van der Waals surface area contributed by atoms with Crippen LogP contribution in [-0.2, 0) is 0 Å². The molecule has 2 unspecified atom stereocenters. The van der Waals surface area contributed by atoms with Crippen molar-refractivity contribution in [1.29, 1.82) is 0 Å². The lowest BCUT2D eigenvalue weighted by atomic mass is 9.94. The van der Waals surface area contributed by atoms with Crippen molar-refractivity contribution in [3.8, 4) is 0 Å². The molecule has 1 aliphatic heterocycles. The molecule has 0 saturated carbocycles. The number of rotatable bonds is 4. The van der Waals surface area contributed by atoms with E-state index >= 15 is 0 Å². The molecule has 2 aromatic rings. The zero-order valence-corrected chi connectivity index (χ0v) is 13.6. The lowest BCUT2D eigenvalue weighted by Gasteiger charge is -2.33. The molecular weight excluding hydrogens is 298 g/mol. The Kier molecular flexibility index (Phi) is 4.81. The van der Waals surface area contributed by atoms with E-state index in [4.69, 9.17) is 11.6 Å². The highest BCUT2D eigenvalue weighted by Gasteiger charge is 2.24. The number of likely N-dealkylation sites (tertiary alicyclic amines) is 1. The Hall–Kier alpha value is -1.36. The zero-order chi connectivity index (χ0) is 15.5. The summed E-state index contributed by atoms with van der Waals surface area (Å²) in [5, 5.41) is 18.5. The molecule has 1 fully saturated rings. The molecule has 2 N–H and O–H groups in total. The number of aliphatic hydroxyl groups excluding tert-OH is 1. The van der Waals surface area contributed by atoms with Crippen molar-refractivity contribution >= 4 is 11.6 Å². The number of aromatic amines is 1. The van der Waals surface area contributed by atoms with E-state index in [2.05, 4.69) is 21.2 Å². The molecule has 5 heteroatoms. The summed E-state index contributed by atoms with van der Waals surface area (Å²) in [5.41, 5.74) is 3.17. The average Bonchev–Trinajstić information content (AvgIpc) is 2.95. The van der Waals surface area contributed by atoms with Crippen LogP contribution in [0.1, 0.15) is 41.8 Å². The third-order valence-electron chi connectivity index (χ3n) is 4.34. The Labute approximate surface area is 136 Å². The first kappa shape index (κ1) is 15.5. The topological polar surface area (TPSA) is 52.1 Å². The van der Waals surface area contributed by atoms with Gasteiger partial charge in [-0.3, -0.25) is 10.00 Å². The van der Waals surface area contributed by atoms with Crippen LogP contribution in [0, 0.1) is 6.92 Å². The van der Waals surface area contributed by atoms with Crippen molar-refractivity contribution in [2.45, 2.75) is 31.8 Å². The zero-order valence-electron chi connectivity index (χ0n) is 12.8. The molecule has 4 nitrogen and oxygen atoms in total. The molecule has 2 atom stereocenters. The van der Waals surface area contributed by atoms with Gasteiger partial charge in [0, 0.05) is 29.7 Å². The largest absolute Gasteiger partial charge is 0.387 e. The molecule has 1 aliphatic rings. The van der Waals surface area contributed by atoms with Crippen molar-refractivity contribution in [1.82, 2.24) is 15.1 Å². The van der Waals surface area contributed by atoms with E-state index in [9.17, 15) is 5.11 Å². The van der Waals surface area contributed by atoms with E-state index in [-0.39, 0.29) is 0 Å². The number of piperidine rings is 1. The van der Waals surface area contributed by atoms with E-state index in [1.54, 1.807) is 0 Å². The molecular formula is C17H22ClN3O. The van der Waals surface area contributed by atoms with Crippen molar-refractivity contribution < 1.29 is 5.11 Å². The van der Waals surface area contributed by atoms with Gasteiger partial charge in [0.1, 0.15) is 0 Å². The third kappa shape index (κ3) is 3.69. The number of nitrogens with zero attached hydrogens (tertiary/aromatic N) is 2. The Morgan fingerprint density at radius 2 is 2.18 bits per heavy atom. The molecule has 118 valence electrons. The molecule has 1 aromatic carbocycles. The fraction of sp³-hybridized carbons (Fsp3) is 0.471. The summed E-state index contributed by atoms with van der Waals surface area (Å²) in [5.74, 6) is 0.455. The predicted molar refractivity (Wildman–Crippen MR) is 88.2 cm³/mol. The first-order valence-electron chi connectivity index (χ1n) is 7.79. The summed E-state index contributed by atoms with van der Waals surface area (Å²) in [6, 6.07) is 9.57. The highest BCUT2D eigenvalue weighted by molar-refractivity contribution is 6.30. The molecule has 0 amide bonds. The monoisotopic (exact) mass is 319 g/mol. The molecule has 0 radical (unpaired) electrons. The van der Waals surface area contributed by atoms with Gasteiger partial charge in [-0.1, -0.05) is 23.7 Å². The number of aromatic nitrogens is 2. The standard InChI is InChI=1S/C17H22ClN3O/c1-12-9-16(20-19-12)14-3-2-8-21(10-14)11-17(22)13-4-6-15(18)7-5-13/h4-7,9,14,17,22H,2-3,8,10-11H2,1H3,(H,19,20). The maximum atomic E-state index is 10.4. The van der Waals surface area contributed by atoms with Gasteiger partial charge < -0.3 is 5.11 Å². The SMILES string of the molecule is Cc1cc(C2CCCN(CC(O)c3ccc(Cl)cc3)C2)n[nH]1. The predicted octanol–water partition coefficient (Wildman–Crippen LogP) is 3.28. The minimum atomic E-state index is -0.475. The minimum Gasteiger partial charge on any atom is -0.387 e. The number of hydrogen-bond acceptors (Lipinski definition) is 3. The lowest BCUT2D eigenvalue weighted by molar-refractivity contribution is 0.0950. The second kappa shape index (κ2) is 6.82. The van der Waals surface area contributed by atoms with Crippen LogP contribution in [0.5, 0.6) is 0 Å². The summed E-state index contributed by atoms with van der Waals surface area (Å²) < 4.78 is 0. The van der Waals surface area contributed by atoms with Gasteiger partial charge in [-0.25, -0.2) is 0 Å². The van der Waals surface area contributed by atoms with Crippen LogP contribution < -0.4 is 0 Å². The van der Waals surface area contributed by atoms with Gasteiger partial charge in [0.05, 0.1) is 11.8 Å². The summed E-state index contributed by atoms with van der Waals surface area (Å²) in [6.45, 7) is 4.67. The summed E-state index contributed by atoms with van der Waals surface area (Å²) >= 11 is 5.90. The smallest absolute Gasteiger partial charge is 0.0916 e. The second-order valence-electron chi connectivity index (χ2n) is 6.14. The highest BCUT2D eigenvalue weighted by atomic mass is 35.5. The molecule has 2 heterocycles. The Bertz CT molecular complexity index is 611. The Balaban J connectivity index is 1.61. The van der Waals surface area contributed by atoms with Gasteiger partial charge >= 0.3 is 0 Å². The fourth-order valence-corrected chi connectivity index (χ4v) is 3.27. The number of H-pyrrole nitrogens is 1. The van der Waals surface area contributed by atoms with Gasteiger partial charge in [0.15, 0.2) is 0 Å². The van der Waals surface area contributed by atoms with Gasteiger partial charge in [0.25, 0.3) is 0 Å². The number of aliphatic hydroxyl groups is 1. The van der Waals surface area contributed by atoms with Crippen LogP contribution in [0.2, 0.25) is 5.02 Å². The quantitative estimate of drug-likeness (QED) is 0.909. The average molecular weight is 320 g/mol. The molecule has 1 aromatic heterocycles. The van der Waals surface area contributed by atoms with E-state index in [1.165, 1.54) is 0 Å². The van der Waals surface area contributed by atoms with Crippen molar-refractivity contribution in [2.75, 3.05) is 19.6 Å². The Morgan fingerprint density at radius 3 is 2.86 bits per heavy atom. The minimum absolute atomic E-state index is 0.455. The number of β-amino-alcohol motifs (C(OH)–C–C–N with tert-alkyl or cyclic N) is 1. The van der Waals surface area contributed by atoms with E-state index in [0.717, 1.165) is 42.9 Å². The highest BCUT2D eigenvalue weighted by Crippen LogP contribution is 2.27. The molecule has 0 aliphatic carbocycles. The number of nitrogens with one attached hydrogen (secondary N) is 1. The fourth-order valence-electron chi connectivity index (χ4n) is 3.15. The number of benzene rings is 1. The van der Waals surface area contributed by atoms with Crippen molar-refractivity contribution in [3.05, 3.63) is 52.3 Å². The maximum absolute atomic E-state index is 10.4. The number of halogens is 1. The van der Waals surface area contributed by atoms with Gasteiger partial charge in [-0.2, -0.15) is 5.10 Å². The van der Waals surface area contributed by atoms with Gasteiger partial charge in [-0.05, 0) is 50.1 Å². The lowest BCUT2D eigenvalue weighted by Crippen LogP contribution is -2.37. The summed E-state index contributed by atoms with van der Waals surface area (Å²) in [4.78, 5) is 2.33. The Morgan fingerprint density at radius 1 is 1.41 bits per heavy atom. The van der Waals surface area contributed by atoms with Crippen molar-refractivity contribution in [2.24, 2.45) is 0 Å². The maximum Gasteiger partial charge on any atom is 0.0916 e. The molecule has 0 bridgehead atoms. The van der Waals surface area contributed by atoms with Crippen LogP contribution >= 0.6 is 11.6 Å². The van der Waals surface area contributed by atoms with Crippen LogP contribution in [-0.4, -0.2) is 39.8 Å². The summed E-state index contributed by atoms with van der Waals surface area (Å²) in [7, 11) is 0. The first-order chi connectivity index (χ1) is 10.6. The number of hydrogen-bond donors (Lipinski definition) is 2. The van der Waals surface area contributed by atoms with E-state index in [1.807, 2.05) is 31.2 Å².